The van der Waals surface area contributed by atoms with Gasteiger partial charge in [-0.2, -0.15) is 6.42 Å². The molecule has 0 radical (unpaired) electrons. The molecule has 0 aliphatic rings. The third kappa shape index (κ3) is 22.7. The topological polar surface area (TPSA) is 50.1 Å². The molecule has 0 saturated heterocycles. The quantitative estimate of drug-likeness (QED) is 0.365. The van der Waals surface area contributed by atoms with Crippen molar-refractivity contribution in [1.82, 2.24) is 0 Å². The fourth-order valence-corrected chi connectivity index (χ4v) is 0.311. The number of nitrogens with zero attached hydrogens (tertiary/aromatic N) is 1. The van der Waals surface area contributed by atoms with Gasteiger partial charge in [0, 0.05) is 13.2 Å². The van der Waals surface area contributed by atoms with Crippen molar-refractivity contribution in [3.8, 4) is 6.07 Å². The average molecular weight is 161 g/mol. The second kappa shape index (κ2) is 16.9. The van der Waals surface area contributed by atoms with E-state index in [-0.39, 0.29) is 24.8 Å². The summed E-state index contributed by atoms with van der Waals surface area (Å²) < 4.78 is 3.74. The number of methoxy groups -OCH3 is 1. The standard InChI is InChI=1S/C6H9N.C2H3O2.Li/c1-3-4-6(2)5-7;1-4-2-3;/h6H,1-4H2;1H3;/q-2;-1;+1. The molecule has 0 amide bonds. The van der Waals surface area contributed by atoms with Crippen LogP contribution in [0.3, 0.4) is 0 Å². The van der Waals surface area contributed by atoms with Crippen LogP contribution in [0.2, 0.25) is 0 Å². The van der Waals surface area contributed by atoms with Gasteiger partial charge in [0.15, 0.2) is 0 Å². The first kappa shape index (κ1) is 17.6. The molecule has 0 aromatic heterocycles. The molecular weight excluding hydrogens is 149 g/mol. The van der Waals surface area contributed by atoms with Crippen molar-refractivity contribution < 1.29 is 28.4 Å². The van der Waals surface area contributed by atoms with Gasteiger partial charge in [-0.3, -0.25) is 0 Å². The van der Waals surface area contributed by atoms with E-state index in [4.69, 9.17) is 10.1 Å². The maximum Gasteiger partial charge on any atom is 1.00 e. The molecule has 0 aliphatic carbocycles. The van der Waals surface area contributed by atoms with E-state index in [2.05, 4.69) is 18.6 Å². The SMILES string of the molecule is CO[C-]=O.[CH2-]CCC([CH2-])C#N.[Li+]. The van der Waals surface area contributed by atoms with Gasteiger partial charge in [0.2, 0.25) is 0 Å². The van der Waals surface area contributed by atoms with E-state index in [9.17, 15) is 0 Å². The van der Waals surface area contributed by atoms with E-state index in [1.165, 1.54) is 13.6 Å². The van der Waals surface area contributed by atoms with Crippen molar-refractivity contribution in [1.29, 1.82) is 5.26 Å². The zero-order chi connectivity index (χ0) is 9.11. The van der Waals surface area contributed by atoms with E-state index in [0.717, 1.165) is 12.8 Å². The van der Waals surface area contributed by atoms with E-state index >= 15 is 0 Å². The molecule has 64 valence electrons. The first-order chi connectivity index (χ1) is 5.22. The molecule has 0 aromatic carbocycles. The van der Waals surface area contributed by atoms with Crippen LogP contribution in [0, 0.1) is 31.1 Å². The number of carbonyl (C=O) groups excluding carboxylic acids is 1. The third-order valence-electron chi connectivity index (χ3n) is 0.818. The Bertz CT molecular complexity index is 123. The van der Waals surface area contributed by atoms with Gasteiger partial charge >= 0.3 is 18.9 Å². The van der Waals surface area contributed by atoms with Crippen LogP contribution in [-0.4, -0.2) is 13.6 Å². The first-order valence-corrected chi connectivity index (χ1v) is 3.15. The summed E-state index contributed by atoms with van der Waals surface area (Å²) in [4.78, 5) is 8.83. The Morgan fingerprint density at radius 1 is 1.75 bits per heavy atom. The smallest absolute Gasteiger partial charge is 0.655 e. The van der Waals surface area contributed by atoms with Crippen LogP contribution < -0.4 is 18.9 Å². The molecule has 4 heteroatoms. The Balaban J connectivity index is -0.000000142. The molecule has 1 unspecified atom stereocenters. The predicted molar refractivity (Wildman–Crippen MR) is 41.8 cm³/mol. The van der Waals surface area contributed by atoms with Gasteiger partial charge in [0.25, 0.3) is 0 Å². The van der Waals surface area contributed by atoms with Crippen LogP contribution >= 0.6 is 0 Å². The van der Waals surface area contributed by atoms with Crippen molar-refractivity contribution >= 4 is 6.47 Å². The number of hydrogen-bond acceptors (Lipinski definition) is 3. The minimum Gasteiger partial charge on any atom is -0.655 e. The van der Waals surface area contributed by atoms with E-state index < -0.39 is 0 Å². The molecule has 0 spiro atoms. The zero-order valence-electron chi connectivity index (χ0n) is 7.67. The van der Waals surface area contributed by atoms with Crippen molar-refractivity contribution in [3.05, 3.63) is 13.8 Å². The fraction of sp³-hybridized carbons (Fsp3) is 0.500. The summed E-state index contributed by atoms with van der Waals surface area (Å²) in [7, 11) is 1.26. The number of nitriles is 1. The van der Waals surface area contributed by atoms with Gasteiger partial charge in [-0.25, -0.2) is 5.26 Å². The maximum absolute atomic E-state index is 8.83. The Hall–Kier alpha value is -0.443. The molecule has 0 bridgehead atoms. The Morgan fingerprint density at radius 2 is 2.17 bits per heavy atom. The molecule has 0 rings (SSSR count). The van der Waals surface area contributed by atoms with Gasteiger partial charge in [-0.15, -0.1) is 0 Å². The minimum absolute atomic E-state index is 0. The molecule has 0 aliphatic heterocycles. The van der Waals surface area contributed by atoms with Crippen LogP contribution in [0.1, 0.15) is 12.8 Å². The maximum atomic E-state index is 8.83. The molecule has 0 saturated carbocycles. The number of rotatable bonds is 3. The third-order valence-corrected chi connectivity index (χ3v) is 0.818. The van der Waals surface area contributed by atoms with Gasteiger partial charge in [0.05, 0.1) is 0 Å². The number of ether oxygens (including phenoxy) is 1. The summed E-state index contributed by atoms with van der Waals surface area (Å²) in [6.07, 6.45) is 1.62. The molecule has 1 atom stereocenters. The Kier molecular flexibility index (Phi) is 24.8. The summed E-state index contributed by atoms with van der Waals surface area (Å²) in [5, 5.41) is 8.13. The van der Waals surface area contributed by atoms with Crippen LogP contribution in [-0.2, 0) is 9.53 Å². The normalized spacial score (nSPS) is 9.17. The molecular formula is C8H12LiNO2-2. The summed E-state index contributed by atoms with van der Waals surface area (Å²) in [6, 6.07) is 2.01. The second-order valence-electron chi connectivity index (χ2n) is 1.76. The molecule has 0 aromatic rings. The average Bonchev–Trinajstić information content (AvgIpc) is 2.05. The first-order valence-electron chi connectivity index (χ1n) is 3.15. The predicted octanol–water partition coefficient (Wildman–Crippen LogP) is -1.72. The fourth-order valence-electron chi connectivity index (χ4n) is 0.311. The molecule has 12 heavy (non-hydrogen) atoms. The number of hydrogen-bond donors (Lipinski definition) is 0. The van der Waals surface area contributed by atoms with Gasteiger partial charge < -0.3 is 23.4 Å². The summed E-state index contributed by atoms with van der Waals surface area (Å²) in [5.41, 5.74) is 0. The van der Waals surface area contributed by atoms with E-state index in [1.54, 1.807) is 0 Å². The zero-order valence-corrected chi connectivity index (χ0v) is 7.67. The van der Waals surface area contributed by atoms with Crippen molar-refractivity contribution in [2.45, 2.75) is 12.8 Å². The molecule has 0 heterocycles. The van der Waals surface area contributed by atoms with Crippen molar-refractivity contribution in [2.75, 3.05) is 7.11 Å². The van der Waals surface area contributed by atoms with E-state index in [0.29, 0.717) is 0 Å². The van der Waals surface area contributed by atoms with Crippen LogP contribution in [0.4, 0.5) is 0 Å². The molecule has 3 nitrogen and oxygen atoms in total. The summed E-state index contributed by atoms with van der Waals surface area (Å²) in [5.74, 6) is -0.0579. The van der Waals surface area contributed by atoms with Crippen molar-refractivity contribution in [3.63, 3.8) is 0 Å². The molecule has 0 N–H and O–H groups in total. The molecule has 0 fully saturated rings. The van der Waals surface area contributed by atoms with Gasteiger partial charge in [0.1, 0.15) is 0 Å². The minimum atomic E-state index is -0.0579. The monoisotopic (exact) mass is 161 g/mol. The van der Waals surface area contributed by atoms with Crippen LogP contribution in [0.5, 0.6) is 0 Å². The van der Waals surface area contributed by atoms with Crippen LogP contribution in [0.15, 0.2) is 0 Å². The van der Waals surface area contributed by atoms with Crippen LogP contribution in [0.25, 0.3) is 0 Å². The van der Waals surface area contributed by atoms with Gasteiger partial charge in [-0.1, -0.05) is 18.8 Å². The second-order valence-corrected chi connectivity index (χ2v) is 1.76. The summed E-state index contributed by atoms with van der Waals surface area (Å²) in [6.45, 7) is 8.31. The Morgan fingerprint density at radius 3 is 2.25 bits per heavy atom. The van der Waals surface area contributed by atoms with E-state index in [1.807, 2.05) is 6.07 Å². The summed E-state index contributed by atoms with van der Waals surface area (Å²) >= 11 is 0. The van der Waals surface area contributed by atoms with Gasteiger partial charge in [-0.05, 0) is 0 Å². The Labute approximate surface area is 86.3 Å². The largest absolute Gasteiger partial charge is 1.00 e. The van der Waals surface area contributed by atoms with Crippen molar-refractivity contribution in [2.24, 2.45) is 5.92 Å².